The standard InChI is InChI=1S/C20H22N4/c1-14-4-5-16(13-21-14)15-6-7-19-18(11-15)22-20-12-17-3-2-8-23(17)9-10-24(19)20/h4-7,11,13,17H,2-3,8-10,12H2,1H3/t17-/m0/s1. The number of aromatic nitrogens is 3. The molecule has 5 rings (SSSR count). The van der Waals surface area contributed by atoms with Crippen LogP contribution in [-0.2, 0) is 13.0 Å². The Balaban J connectivity index is 1.56. The number of aryl methyl sites for hydroxylation is 1. The fourth-order valence-electron chi connectivity index (χ4n) is 4.26. The lowest BCUT2D eigenvalue weighted by Gasteiger charge is -2.20. The third kappa shape index (κ3) is 2.25. The van der Waals surface area contributed by atoms with E-state index in [9.17, 15) is 0 Å². The minimum absolute atomic E-state index is 0.698. The van der Waals surface area contributed by atoms with Crippen LogP contribution in [0.1, 0.15) is 24.4 Å². The number of nitrogens with zero attached hydrogens (tertiary/aromatic N) is 4. The molecule has 0 bridgehead atoms. The highest BCUT2D eigenvalue weighted by atomic mass is 15.2. The monoisotopic (exact) mass is 318 g/mol. The lowest BCUT2D eigenvalue weighted by Crippen LogP contribution is -2.30. The van der Waals surface area contributed by atoms with E-state index in [1.165, 1.54) is 36.3 Å². The lowest BCUT2D eigenvalue weighted by atomic mass is 10.1. The molecule has 1 fully saturated rings. The van der Waals surface area contributed by atoms with Crippen molar-refractivity contribution in [3.8, 4) is 11.1 Å². The summed E-state index contributed by atoms with van der Waals surface area (Å²) in [6.07, 6.45) is 5.71. The summed E-state index contributed by atoms with van der Waals surface area (Å²) in [6.45, 7) is 5.50. The van der Waals surface area contributed by atoms with Gasteiger partial charge in [-0.3, -0.25) is 9.88 Å². The number of hydrogen-bond acceptors (Lipinski definition) is 3. The number of rotatable bonds is 1. The maximum absolute atomic E-state index is 4.99. The van der Waals surface area contributed by atoms with Gasteiger partial charge in [-0.1, -0.05) is 12.1 Å². The van der Waals surface area contributed by atoms with Crippen molar-refractivity contribution in [2.24, 2.45) is 0 Å². The van der Waals surface area contributed by atoms with Gasteiger partial charge in [-0.15, -0.1) is 0 Å². The van der Waals surface area contributed by atoms with Gasteiger partial charge in [-0.2, -0.15) is 0 Å². The third-order valence-electron chi connectivity index (χ3n) is 5.60. The molecule has 1 atom stereocenters. The normalized spacial score (nSPS) is 20.8. The molecule has 2 aliphatic rings. The fraction of sp³-hybridized carbons (Fsp3) is 0.400. The van der Waals surface area contributed by atoms with Crippen LogP contribution in [0.15, 0.2) is 36.5 Å². The van der Waals surface area contributed by atoms with Gasteiger partial charge in [0.25, 0.3) is 0 Å². The summed E-state index contributed by atoms with van der Waals surface area (Å²) >= 11 is 0. The van der Waals surface area contributed by atoms with Crippen LogP contribution >= 0.6 is 0 Å². The summed E-state index contributed by atoms with van der Waals surface area (Å²) in [5, 5.41) is 0. The number of benzene rings is 1. The highest BCUT2D eigenvalue weighted by Gasteiger charge is 2.29. The molecular formula is C20H22N4. The van der Waals surface area contributed by atoms with Gasteiger partial charge in [-0.25, -0.2) is 4.98 Å². The first-order chi connectivity index (χ1) is 11.8. The molecule has 0 spiro atoms. The van der Waals surface area contributed by atoms with E-state index < -0.39 is 0 Å². The number of fused-ring (bicyclic) bond motifs is 4. The van der Waals surface area contributed by atoms with E-state index in [2.05, 4.69) is 44.8 Å². The molecule has 0 radical (unpaired) electrons. The number of pyridine rings is 1. The molecule has 0 unspecified atom stereocenters. The van der Waals surface area contributed by atoms with Crippen molar-refractivity contribution >= 4 is 11.0 Å². The van der Waals surface area contributed by atoms with Crippen molar-refractivity contribution in [2.45, 2.75) is 38.8 Å². The van der Waals surface area contributed by atoms with Gasteiger partial charge in [0.1, 0.15) is 5.82 Å². The Morgan fingerprint density at radius 2 is 1.96 bits per heavy atom. The van der Waals surface area contributed by atoms with E-state index >= 15 is 0 Å². The van der Waals surface area contributed by atoms with E-state index in [0.717, 1.165) is 36.3 Å². The molecule has 4 nitrogen and oxygen atoms in total. The van der Waals surface area contributed by atoms with E-state index in [1.807, 2.05) is 13.1 Å². The van der Waals surface area contributed by atoms with Crippen LogP contribution in [0.2, 0.25) is 0 Å². The molecule has 0 N–H and O–H groups in total. The van der Waals surface area contributed by atoms with Crippen LogP contribution < -0.4 is 0 Å². The van der Waals surface area contributed by atoms with E-state index in [4.69, 9.17) is 4.98 Å². The molecule has 0 saturated carbocycles. The van der Waals surface area contributed by atoms with Gasteiger partial charge in [0.05, 0.1) is 11.0 Å². The zero-order valence-electron chi connectivity index (χ0n) is 14.1. The van der Waals surface area contributed by atoms with Gasteiger partial charge in [0.2, 0.25) is 0 Å². The van der Waals surface area contributed by atoms with Gasteiger partial charge in [0.15, 0.2) is 0 Å². The molecule has 4 heteroatoms. The molecule has 1 saturated heterocycles. The zero-order chi connectivity index (χ0) is 16.1. The second-order valence-electron chi connectivity index (χ2n) is 7.11. The lowest BCUT2D eigenvalue weighted by molar-refractivity contribution is 0.258. The minimum atomic E-state index is 0.698. The van der Waals surface area contributed by atoms with Gasteiger partial charge >= 0.3 is 0 Å². The Morgan fingerprint density at radius 3 is 2.83 bits per heavy atom. The Hall–Kier alpha value is -2.20. The topological polar surface area (TPSA) is 34.0 Å². The zero-order valence-corrected chi connectivity index (χ0v) is 14.1. The van der Waals surface area contributed by atoms with Crippen LogP contribution in [0.4, 0.5) is 0 Å². The van der Waals surface area contributed by atoms with Crippen molar-refractivity contribution < 1.29 is 0 Å². The third-order valence-corrected chi connectivity index (χ3v) is 5.60. The maximum atomic E-state index is 4.99. The first-order valence-corrected chi connectivity index (χ1v) is 8.94. The predicted octanol–water partition coefficient (Wildman–Crippen LogP) is 3.43. The molecule has 4 heterocycles. The molecular weight excluding hydrogens is 296 g/mol. The first-order valence-electron chi connectivity index (χ1n) is 8.94. The second-order valence-corrected chi connectivity index (χ2v) is 7.11. The average molecular weight is 318 g/mol. The largest absolute Gasteiger partial charge is 0.327 e. The van der Waals surface area contributed by atoms with E-state index in [-0.39, 0.29) is 0 Å². The van der Waals surface area contributed by atoms with Crippen LogP contribution in [0.3, 0.4) is 0 Å². The highest BCUT2D eigenvalue weighted by molar-refractivity contribution is 5.82. The smallest absolute Gasteiger partial charge is 0.111 e. The molecule has 2 aromatic heterocycles. The quantitative estimate of drug-likeness (QED) is 0.689. The minimum Gasteiger partial charge on any atom is -0.327 e. The van der Waals surface area contributed by atoms with Crippen LogP contribution in [0.5, 0.6) is 0 Å². The summed E-state index contributed by atoms with van der Waals surface area (Å²) in [5.74, 6) is 1.26. The Kier molecular flexibility index (Phi) is 3.20. The predicted molar refractivity (Wildman–Crippen MR) is 96.0 cm³/mol. The first kappa shape index (κ1) is 14.2. The Labute approximate surface area is 142 Å². The summed E-state index contributed by atoms with van der Waals surface area (Å²) in [7, 11) is 0. The highest BCUT2D eigenvalue weighted by Crippen LogP contribution is 2.29. The Morgan fingerprint density at radius 1 is 1.04 bits per heavy atom. The van der Waals surface area contributed by atoms with Crippen LogP contribution in [0.25, 0.3) is 22.2 Å². The number of hydrogen-bond donors (Lipinski definition) is 0. The average Bonchev–Trinajstić information content (AvgIpc) is 3.13. The van der Waals surface area contributed by atoms with Crippen molar-refractivity contribution in [3.63, 3.8) is 0 Å². The molecule has 3 aromatic rings. The summed E-state index contributed by atoms with van der Waals surface area (Å²) in [4.78, 5) is 12.1. The second kappa shape index (κ2) is 5.42. The molecule has 122 valence electrons. The molecule has 0 aliphatic carbocycles. The van der Waals surface area contributed by atoms with Gasteiger partial charge in [-0.05, 0) is 50.1 Å². The maximum Gasteiger partial charge on any atom is 0.111 e. The van der Waals surface area contributed by atoms with E-state index in [0.29, 0.717) is 6.04 Å². The fourth-order valence-corrected chi connectivity index (χ4v) is 4.26. The SMILES string of the molecule is Cc1ccc(-c2ccc3c(c2)nc2n3CCN3CCC[C@H]3C2)cn1. The Bertz CT molecular complexity index is 894. The van der Waals surface area contributed by atoms with Crippen molar-refractivity contribution in [2.75, 3.05) is 13.1 Å². The van der Waals surface area contributed by atoms with Crippen LogP contribution in [-0.4, -0.2) is 38.6 Å². The molecule has 0 amide bonds. The van der Waals surface area contributed by atoms with Gasteiger partial charge < -0.3 is 4.57 Å². The van der Waals surface area contributed by atoms with Gasteiger partial charge in [0, 0.05) is 43.0 Å². The van der Waals surface area contributed by atoms with E-state index in [1.54, 1.807) is 0 Å². The summed E-state index contributed by atoms with van der Waals surface area (Å²) in [6, 6.07) is 11.6. The van der Waals surface area contributed by atoms with Crippen LogP contribution in [0, 0.1) is 6.92 Å². The summed E-state index contributed by atoms with van der Waals surface area (Å²) in [5.41, 5.74) is 5.80. The van der Waals surface area contributed by atoms with Crippen molar-refractivity contribution in [3.05, 3.63) is 48.0 Å². The molecule has 2 aliphatic heterocycles. The molecule has 1 aromatic carbocycles. The summed E-state index contributed by atoms with van der Waals surface area (Å²) < 4.78 is 2.44. The van der Waals surface area contributed by atoms with Crippen molar-refractivity contribution in [1.82, 2.24) is 19.4 Å². The molecule has 24 heavy (non-hydrogen) atoms. The van der Waals surface area contributed by atoms with Crippen molar-refractivity contribution in [1.29, 1.82) is 0 Å². The number of imidazole rings is 1.